The van der Waals surface area contributed by atoms with Crippen LogP contribution in [0.2, 0.25) is 0 Å². The Morgan fingerprint density at radius 2 is 1.67 bits per heavy atom. The van der Waals surface area contributed by atoms with Crippen molar-refractivity contribution in [2.45, 2.75) is 38.1 Å². The summed E-state index contributed by atoms with van der Waals surface area (Å²) < 4.78 is 1.13. The smallest absolute Gasteiger partial charge is 0.0323 e. The van der Waals surface area contributed by atoms with E-state index in [4.69, 9.17) is 5.73 Å². The van der Waals surface area contributed by atoms with Gasteiger partial charge >= 0.3 is 0 Å². The third-order valence-corrected chi connectivity index (χ3v) is 3.94. The van der Waals surface area contributed by atoms with E-state index in [1.807, 2.05) is 0 Å². The standard InChI is InChI=1S/C13H18BrN/c14-12-8-6-11(7-9-12)13(15)10-4-2-1-3-5-10/h6-10,13H,1-5,15H2/t13-/m1/s1. The van der Waals surface area contributed by atoms with Crippen molar-refractivity contribution in [1.82, 2.24) is 0 Å². The lowest BCUT2D eigenvalue weighted by Crippen LogP contribution is -2.23. The number of rotatable bonds is 2. The van der Waals surface area contributed by atoms with Crippen LogP contribution in [0.3, 0.4) is 0 Å². The van der Waals surface area contributed by atoms with Gasteiger partial charge in [0.25, 0.3) is 0 Å². The Morgan fingerprint density at radius 3 is 2.27 bits per heavy atom. The van der Waals surface area contributed by atoms with Crippen molar-refractivity contribution in [3.8, 4) is 0 Å². The Balaban J connectivity index is 2.05. The van der Waals surface area contributed by atoms with E-state index in [2.05, 4.69) is 40.2 Å². The number of hydrogen-bond donors (Lipinski definition) is 1. The van der Waals surface area contributed by atoms with Gasteiger partial charge in [0.1, 0.15) is 0 Å². The van der Waals surface area contributed by atoms with Gasteiger partial charge in [0, 0.05) is 10.5 Å². The van der Waals surface area contributed by atoms with Gasteiger partial charge in [0.2, 0.25) is 0 Å². The molecule has 1 aromatic rings. The molecule has 1 nitrogen and oxygen atoms in total. The number of halogens is 1. The van der Waals surface area contributed by atoms with Crippen LogP contribution in [-0.4, -0.2) is 0 Å². The third-order valence-electron chi connectivity index (χ3n) is 3.41. The van der Waals surface area contributed by atoms with E-state index in [0.29, 0.717) is 5.92 Å². The van der Waals surface area contributed by atoms with Crippen molar-refractivity contribution >= 4 is 15.9 Å². The van der Waals surface area contributed by atoms with Crippen LogP contribution in [0.5, 0.6) is 0 Å². The first-order chi connectivity index (χ1) is 7.27. The first-order valence-electron chi connectivity index (χ1n) is 5.78. The third kappa shape index (κ3) is 2.82. The van der Waals surface area contributed by atoms with E-state index in [0.717, 1.165) is 4.47 Å². The molecule has 0 spiro atoms. The van der Waals surface area contributed by atoms with E-state index >= 15 is 0 Å². The fourth-order valence-electron chi connectivity index (χ4n) is 2.45. The maximum absolute atomic E-state index is 6.30. The summed E-state index contributed by atoms with van der Waals surface area (Å²) in [5.41, 5.74) is 7.59. The lowest BCUT2D eigenvalue weighted by Gasteiger charge is -2.27. The quantitative estimate of drug-likeness (QED) is 0.861. The molecule has 2 N–H and O–H groups in total. The highest BCUT2D eigenvalue weighted by molar-refractivity contribution is 9.10. The Kier molecular flexibility index (Phi) is 3.81. The van der Waals surface area contributed by atoms with Gasteiger partial charge in [-0.15, -0.1) is 0 Å². The minimum atomic E-state index is 0.235. The van der Waals surface area contributed by atoms with Crippen LogP contribution in [0.25, 0.3) is 0 Å². The molecule has 2 rings (SSSR count). The topological polar surface area (TPSA) is 26.0 Å². The molecule has 0 radical (unpaired) electrons. The fourth-order valence-corrected chi connectivity index (χ4v) is 2.71. The molecule has 15 heavy (non-hydrogen) atoms. The van der Waals surface area contributed by atoms with Crippen molar-refractivity contribution in [3.63, 3.8) is 0 Å². The van der Waals surface area contributed by atoms with Crippen LogP contribution in [0.15, 0.2) is 28.7 Å². The molecule has 0 amide bonds. The molecule has 1 fully saturated rings. The largest absolute Gasteiger partial charge is 0.324 e. The molecule has 0 aliphatic heterocycles. The first-order valence-corrected chi connectivity index (χ1v) is 6.58. The average Bonchev–Trinajstić information content (AvgIpc) is 2.30. The minimum Gasteiger partial charge on any atom is -0.324 e. The van der Waals surface area contributed by atoms with Gasteiger partial charge in [0.05, 0.1) is 0 Å². The summed E-state index contributed by atoms with van der Waals surface area (Å²) in [6, 6.07) is 8.68. The van der Waals surface area contributed by atoms with Crippen molar-refractivity contribution in [3.05, 3.63) is 34.3 Å². The van der Waals surface area contributed by atoms with Crippen LogP contribution in [0, 0.1) is 5.92 Å². The zero-order valence-corrected chi connectivity index (χ0v) is 10.5. The summed E-state index contributed by atoms with van der Waals surface area (Å²) in [6.07, 6.45) is 6.71. The molecule has 1 aliphatic carbocycles. The number of hydrogen-bond acceptors (Lipinski definition) is 1. The molecule has 0 unspecified atom stereocenters. The van der Waals surface area contributed by atoms with Crippen LogP contribution in [-0.2, 0) is 0 Å². The molecule has 0 heterocycles. The predicted octanol–water partition coefficient (Wildman–Crippen LogP) is 4.03. The van der Waals surface area contributed by atoms with Gasteiger partial charge in [-0.05, 0) is 36.5 Å². The zero-order chi connectivity index (χ0) is 10.7. The van der Waals surface area contributed by atoms with Crippen LogP contribution in [0.1, 0.15) is 43.7 Å². The van der Waals surface area contributed by atoms with Gasteiger partial charge in [-0.3, -0.25) is 0 Å². The Hall–Kier alpha value is -0.340. The molecule has 82 valence electrons. The molecule has 1 atom stereocenters. The van der Waals surface area contributed by atoms with E-state index in [9.17, 15) is 0 Å². The van der Waals surface area contributed by atoms with Crippen LogP contribution in [0.4, 0.5) is 0 Å². The summed E-state index contributed by atoms with van der Waals surface area (Å²) in [4.78, 5) is 0. The summed E-state index contributed by atoms with van der Waals surface area (Å²) in [5, 5.41) is 0. The molecule has 2 heteroatoms. The molecule has 0 saturated heterocycles. The summed E-state index contributed by atoms with van der Waals surface area (Å²) in [7, 11) is 0. The maximum Gasteiger partial charge on any atom is 0.0323 e. The van der Waals surface area contributed by atoms with Crippen molar-refractivity contribution in [2.75, 3.05) is 0 Å². The minimum absolute atomic E-state index is 0.235. The van der Waals surface area contributed by atoms with Gasteiger partial charge in [0.15, 0.2) is 0 Å². The van der Waals surface area contributed by atoms with Crippen LogP contribution >= 0.6 is 15.9 Å². The van der Waals surface area contributed by atoms with Gasteiger partial charge in [-0.2, -0.15) is 0 Å². The Morgan fingerprint density at radius 1 is 1.07 bits per heavy atom. The lowest BCUT2D eigenvalue weighted by molar-refractivity contribution is 0.308. The second-order valence-electron chi connectivity index (χ2n) is 4.48. The van der Waals surface area contributed by atoms with Gasteiger partial charge < -0.3 is 5.73 Å². The van der Waals surface area contributed by atoms with Gasteiger partial charge in [-0.25, -0.2) is 0 Å². The van der Waals surface area contributed by atoms with Crippen molar-refractivity contribution < 1.29 is 0 Å². The number of nitrogens with two attached hydrogens (primary N) is 1. The molecule has 1 aliphatic rings. The maximum atomic E-state index is 6.30. The highest BCUT2D eigenvalue weighted by Gasteiger charge is 2.21. The zero-order valence-electron chi connectivity index (χ0n) is 8.95. The first kappa shape index (κ1) is 11.2. The van der Waals surface area contributed by atoms with Crippen molar-refractivity contribution in [2.24, 2.45) is 11.7 Å². The van der Waals surface area contributed by atoms with E-state index < -0.39 is 0 Å². The van der Waals surface area contributed by atoms with E-state index in [1.165, 1.54) is 37.7 Å². The highest BCUT2D eigenvalue weighted by Crippen LogP contribution is 2.33. The summed E-state index contributed by atoms with van der Waals surface area (Å²) >= 11 is 3.45. The molecule has 1 aromatic carbocycles. The summed E-state index contributed by atoms with van der Waals surface area (Å²) in [5.74, 6) is 0.694. The van der Waals surface area contributed by atoms with Crippen LogP contribution < -0.4 is 5.73 Å². The molecule has 1 saturated carbocycles. The van der Waals surface area contributed by atoms with Gasteiger partial charge in [-0.1, -0.05) is 47.3 Å². The van der Waals surface area contributed by atoms with Crippen molar-refractivity contribution in [1.29, 1.82) is 0 Å². The second kappa shape index (κ2) is 5.13. The Bertz CT molecular complexity index is 301. The monoisotopic (exact) mass is 267 g/mol. The molecular weight excluding hydrogens is 250 g/mol. The van der Waals surface area contributed by atoms with E-state index in [-0.39, 0.29) is 6.04 Å². The normalized spacial score (nSPS) is 20.1. The summed E-state index contributed by atoms with van der Waals surface area (Å²) in [6.45, 7) is 0. The van der Waals surface area contributed by atoms with E-state index in [1.54, 1.807) is 0 Å². The number of benzene rings is 1. The molecule has 0 aromatic heterocycles. The highest BCUT2D eigenvalue weighted by atomic mass is 79.9. The molecular formula is C13H18BrN. The fraction of sp³-hybridized carbons (Fsp3) is 0.538. The second-order valence-corrected chi connectivity index (χ2v) is 5.39. The molecule has 0 bridgehead atoms. The average molecular weight is 268 g/mol. The Labute approximate surface area is 100 Å². The predicted molar refractivity (Wildman–Crippen MR) is 67.6 cm³/mol. The lowest BCUT2D eigenvalue weighted by atomic mass is 9.82. The SMILES string of the molecule is N[C@@H](c1ccc(Br)cc1)C1CCCCC1.